The van der Waals surface area contributed by atoms with E-state index in [9.17, 15) is 0 Å². The monoisotopic (exact) mass is 790 g/mol. The van der Waals surface area contributed by atoms with Gasteiger partial charge in [0, 0.05) is 33.4 Å². The number of benzene rings is 10. The third-order valence-electron chi connectivity index (χ3n) is 12.0. The molecule has 0 bridgehead atoms. The van der Waals surface area contributed by atoms with Gasteiger partial charge in [0.1, 0.15) is 0 Å². The summed E-state index contributed by atoms with van der Waals surface area (Å²) in [6.07, 6.45) is 0. The molecule has 10 aromatic carbocycles. The molecule has 0 aliphatic carbocycles. The summed E-state index contributed by atoms with van der Waals surface area (Å²) in [6.45, 7) is 0. The molecule has 0 N–H and O–H groups in total. The molecule has 0 aliphatic rings. The summed E-state index contributed by atoms with van der Waals surface area (Å²) in [4.78, 5) is 2.39. The molecule has 0 spiro atoms. The van der Waals surface area contributed by atoms with Crippen LogP contribution in [0.15, 0.2) is 255 Å². The predicted octanol–water partition coefficient (Wildman–Crippen LogP) is 16.6. The van der Waals surface area contributed by atoms with Gasteiger partial charge in [-0.05, 0) is 111 Å². The second-order valence-electron chi connectivity index (χ2n) is 15.7. The number of para-hydroxylation sites is 3. The molecule has 2 heteroatoms. The third kappa shape index (κ3) is 6.84. The summed E-state index contributed by atoms with van der Waals surface area (Å²) in [5.41, 5.74) is 18.5. The summed E-state index contributed by atoms with van der Waals surface area (Å²) in [6, 6.07) is 92.2. The summed E-state index contributed by atoms with van der Waals surface area (Å²) in [5, 5.41) is 2.49. The molecule has 0 fully saturated rings. The number of hydrogen-bond acceptors (Lipinski definition) is 1. The Bertz CT molecular complexity index is 3180. The van der Waals surface area contributed by atoms with Crippen LogP contribution in [-0.4, -0.2) is 4.57 Å². The van der Waals surface area contributed by atoms with E-state index < -0.39 is 0 Å². The van der Waals surface area contributed by atoms with Crippen LogP contribution in [0.3, 0.4) is 0 Å². The highest BCUT2D eigenvalue weighted by atomic mass is 15.1. The number of aromatic nitrogens is 1. The minimum absolute atomic E-state index is 1.07. The molecule has 11 rings (SSSR count). The number of fused-ring (bicyclic) bond motifs is 3. The van der Waals surface area contributed by atoms with Crippen LogP contribution in [0.25, 0.3) is 83.1 Å². The smallest absolute Gasteiger partial charge is 0.0541 e. The van der Waals surface area contributed by atoms with E-state index in [0.717, 1.165) is 45.0 Å². The topological polar surface area (TPSA) is 8.17 Å². The van der Waals surface area contributed by atoms with Crippen molar-refractivity contribution in [2.45, 2.75) is 0 Å². The molecular formula is C60H42N2. The van der Waals surface area contributed by atoms with Gasteiger partial charge in [0.2, 0.25) is 0 Å². The van der Waals surface area contributed by atoms with E-state index >= 15 is 0 Å². The van der Waals surface area contributed by atoms with E-state index in [1.807, 2.05) is 0 Å². The van der Waals surface area contributed by atoms with Crippen LogP contribution in [0, 0.1) is 0 Å². The van der Waals surface area contributed by atoms with Crippen molar-refractivity contribution < 1.29 is 0 Å². The van der Waals surface area contributed by atoms with Crippen molar-refractivity contribution in [3.05, 3.63) is 255 Å². The van der Waals surface area contributed by atoms with Crippen molar-refractivity contribution in [2.24, 2.45) is 0 Å². The fourth-order valence-electron chi connectivity index (χ4n) is 9.03. The zero-order chi connectivity index (χ0) is 41.2. The Morgan fingerprint density at radius 1 is 0.242 bits per heavy atom. The van der Waals surface area contributed by atoms with Crippen LogP contribution >= 0.6 is 0 Å². The first-order chi connectivity index (χ1) is 30.8. The molecule has 0 unspecified atom stereocenters. The van der Waals surface area contributed by atoms with Crippen molar-refractivity contribution in [3.8, 4) is 61.3 Å². The molecule has 1 aromatic heterocycles. The predicted molar refractivity (Wildman–Crippen MR) is 263 cm³/mol. The van der Waals surface area contributed by atoms with Crippen molar-refractivity contribution in [1.82, 2.24) is 4.57 Å². The highest BCUT2D eigenvalue weighted by molar-refractivity contribution is 6.10. The number of hydrogen-bond donors (Lipinski definition) is 0. The zero-order valence-electron chi connectivity index (χ0n) is 34.1. The third-order valence-corrected chi connectivity index (χ3v) is 12.0. The van der Waals surface area contributed by atoms with Gasteiger partial charge in [-0.2, -0.15) is 0 Å². The highest BCUT2D eigenvalue weighted by Crippen LogP contribution is 2.44. The van der Waals surface area contributed by atoms with Gasteiger partial charge in [0.25, 0.3) is 0 Å². The Morgan fingerprint density at radius 3 is 1.23 bits per heavy atom. The van der Waals surface area contributed by atoms with E-state index in [2.05, 4.69) is 264 Å². The Balaban J connectivity index is 1.13. The Kier molecular flexibility index (Phi) is 9.57. The van der Waals surface area contributed by atoms with Crippen LogP contribution in [0.4, 0.5) is 17.1 Å². The maximum absolute atomic E-state index is 2.44. The van der Waals surface area contributed by atoms with Gasteiger partial charge in [0.15, 0.2) is 0 Å². The van der Waals surface area contributed by atoms with E-state index in [1.165, 1.54) is 55.2 Å². The molecule has 0 saturated heterocycles. The maximum atomic E-state index is 2.44. The second kappa shape index (κ2) is 16.1. The van der Waals surface area contributed by atoms with E-state index in [-0.39, 0.29) is 0 Å². The molecule has 62 heavy (non-hydrogen) atoms. The average molecular weight is 791 g/mol. The van der Waals surface area contributed by atoms with Gasteiger partial charge < -0.3 is 9.47 Å². The lowest BCUT2D eigenvalue weighted by Crippen LogP contribution is -2.10. The maximum Gasteiger partial charge on any atom is 0.0541 e. The van der Waals surface area contributed by atoms with Crippen molar-refractivity contribution in [1.29, 1.82) is 0 Å². The van der Waals surface area contributed by atoms with E-state index in [1.54, 1.807) is 0 Å². The highest BCUT2D eigenvalue weighted by Gasteiger charge is 2.21. The first-order valence-corrected chi connectivity index (χ1v) is 21.3. The molecule has 0 aliphatic heterocycles. The molecule has 0 saturated carbocycles. The summed E-state index contributed by atoms with van der Waals surface area (Å²) in [7, 11) is 0. The van der Waals surface area contributed by atoms with Gasteiger partial charge in [0.05, 0.1) is 16.7 Å². The van der Waals surface area contributed by atoms with Crippen LogP contribution in [0.5, 0.6) is 0 Å². The largest absolute Gasteiger partial charge is 0.310 e. The molecule has 292 valence electrons. The van der Waals surface area contributed by atoms with Crippen LogP contribution in [0.1, 0.15) is 0 Å². The fourth-order valence-corrected chi connectivity index (χ4v) is 9.03. The van der Waals surface area contributed by atoms with Gasteiger partial charge in [-0.3, -0.25) is 0 Å². The minimum atomic E-state index is 1.07. The van der Waals surface area contributed by atoms with Crippen LogP contribution in [0.2, 0.25) is 0 Å². The standard InChI is InChI=1S/C60H42N2/c1-4-17-43(18-5-1)46-31-35-50(36-32-46)61(51-37-33-47(34-38-51)44-19-6-2-7-20-44)52-39-40-53(57(42-52)49-24-16-23-48(41-49)45-21-8-3-9-22-45)54-25-10-13-28-58(54)62-59-29-14-11-26-55(59)56-27-12-15-30-60(56)62/h1-42H. The zero-order valence-corrected chi connectivity index (χ0v) is 34.1. The minimum Gasteiger partial charge on any atom is -0.310 e. The fraction of sp³-hybridized carbons (Fsp3) is 0. The molecule has 0 atom stereocenters. The first kappa shape index (κ1) is 36.8. The molecular weight excluding hydrogens is 749 g/mol. The van der Waals surface area contributed by atoms with Gasteiger partial charge in [-0.15, -0.1) is 0 Å². The summed E-state index contributed by atoms with van der Waals surface area (Å²) >= 11 is 0. The first-order valence-electron chi connectivity index (χ1n) is 21.3. The van der Waals surface area contributed by atoms with Gasteiger partial charge in [-0.25, -0.2) is 0 Å². The second-order valence-corrected chi connectivity index (χ2v) is 15.7. The molecule has 0 amide bonds. The average Bonchev–Trinajstić information content (AvgIpc) is 3.69. The quantitative estimate of drug-likeness (QED) is 0.141. The molecule has 11 aromatic rings. The Hall–Kier alpha value is -8.20. The van der Waals surface area contributed by atoms with Gasteiger partial charge in [-0.1, -0.05) is 194 Å². The summed E-state index contributed by atoms with van der Waals surface area (Å²) in [5.74, 6) is 0. The van der Waals surface area contributed by atoms with Crippen molar-refractivity contribution in [3.63, 3.8) is 0 Å². The lowest BCUT2D eigenvalue weighted by molar-refractivity contribution is 1.18. The molecule has 2 nitrogen and oxygen atoms in total. The number of nitrogens with zero attached hydrogens (tertiary/aromatic N) is 2. The van der Waals surface area contributed by atoms with Crippen molar-refractivity contribution in [2.75, 3.05) is 4.90 Å². The van der Waals surface area contributed by atoms with E-state index in [0.29, 0.717) is 0 Å². The lowest BCUT2D eigenvalue weighted by Gasteiger charge is -2.27. The number of rotatable bonds is 9. The lowest BCUT2D eigenvalue weighted by atomic mass is 9.91. The normalized spacial score (nSPS) is 11.2. The van der Waals surface area contributed by atoms with Crippen molar-refractivity contribution >= 4 is 38.9 Å². The summed E-state index contributed by atoms with van der Waals surface area (Å²) < 4.78 is 2.44. The van der Waals surface area contributed by atoms with Crippen LogP contribution in [-0.2, 0) is 0 Å². The van der Waals surface area contributed by atoms with Crippen LogP contribution < -0.4 is 4.90 Å². The number of anilines is 3. The van der Waals surface area contributed by atoms with E-state index in [4.69, 9.17) is 0 Å². The SMILES string of the molecule is c1ccc(-c2ccc(N(c3ccc(-c4ccccc4)cc3)c3ccc(-c4ccccc4-n4c5ccccc5c5ccccc54)c(-c4cccc(-c5ccccc5)c4)c3)cc2)cc1. The molecule has 0 radical (unpaired) electrons. The Labute approximate surface area is 362 Å². The molecule has 1 heterocycles. The Morgan fingerprint density at radius 2 is 0.661 bits per heavy atom. The van der Waals surface area contributed by atoms with Gasteiger partial charge >= 0.3 is 0 Å².